The number of carbonyl (C=O) groups excluding carboxylic acids is 6. The SMILES string of the molecule is CC(C)CCCCCOC(=O)c1c(C(=O)O)c(C(=O)O)c(C(=O)OC(=O)c2c(C(=O)O)c(C(=O)O)c(C(=O)O)c(C(=O)O)c2C(=O)O)c(C(=O)OC(=O)c2c(C(=O)O)c(C(=O)O)c(C(=O)O)c(C(=O)O)c2C(=O)O)c1C(=O)OCCCCCC(C)C. The van der Waals surface area contributed by atoms with E-state index in [9.17, 15) is 148 Å². The second-order valence-electron chi connectivity index (χ2n) is 18.5. The molecular formula is C52H46O34. The van der Waals surface area contributed by atoms with E-state index in [0.29, 0.717) is 25.7 Å². The smallest absolute Gasteiger partial charge is 0.347 e. The molecule has 0 saturated carbocycles. The van der Waals surface area contributed by atoms with Gasteiger partial charge in [0.25, 0.3) is 0 Å². The molecule has 0 aliphatic rings. The van der Waals surface area contributed by atoms with Crippen LogP contribution in [0.5, 0.6) is 0 Å². The first kappa shape index (κ1) is 68.8. The van der Waals surface area contributed by atoms with E-state index in [0.717, 1.165) is 0 Å². The molecule has 3 rings (SSSR count). The van der Waals surface area contributed by atoms with E-state index in [4.69, 9.17) is 9.47 Å². The largest absolute Gasteiger partial charge is 0.478 e. The molecule has 34 nitrogen and oxygen atoms in total. The predicted octanol–water partition coefficient (Wildman–Crippen LogP) is 4.81. The summed E-state index contributed by atoms with van der Waals surface area (Å²) in [5, 5.41) is 122. The van der Waals surface area contributed by atoms with Crippen LogP contribution in [0.1, 0.15) is 266 Å². The Hall–Kier alpha value is -11.5. The first-order valence-corrected chi connectivity index (χ1v) is 24.3. The minimum Gasteiger partial charge on any atom is -0.478 e. The molecule has 0 fully saturated rings. The van der Waals surface area contributed by atoms with Crippen LogP contribution < -0.4 is 0 Å². The van der Waals surface area contributed by atoms with Gasteiger partial charge in [0.2, 0.25) is 0 Å². The molecule has 0 atom stereocenters. The number of aromatic carboxylic acids is 12. The summed E-state index contributed by atoms with van der Waals surface area (Å²) in [7, 11) is 0. The Labute approximate surface area is 477 Å². The predicted molar refractivity (Wildman–Crippen MR) is 270 cm³/mol. The molecule has 3 aromatic rings. The number of hydrogen-bond acceptors (Lipinski definition) is 22. The molecule has 0 aliphatic carbocycles. The van der Waals surface area contributed by atoms with Crippen LogP contribution in [0.4, 0.5) is 0 Å². The lowest BCUT2D eigenvalue weighted by Crippen LogP contribution is -2.33. The van der Waals surface area contributed by atoms with Gasteiger partial charge in [-0.1, -0.05) is 66.2 Å². The van der Waals surface area contributed by atoms with Crippen LogP contribution in [0, 0.1) is 11.8 Å². The minimum absolute atomic E-state index is 0.0959. The van der Waals surface area contributed by atoms with Gasteiger partial charge in [0, 0.05) is 0 Å². The Bertz CT molecular complexity index is 3430. The summed E-state index contributed by atoms with van der Waals surface area (Å²) in [6.07, 6.45) is 2.07. The molecule has 0 amide bonds. The minimum atomic E-state index is -3.07. The molecule has 12 N–H and O–H groups in total. The molecule has 0 radical (unpaired) electrons. The molecule has 0 spiro atoms. The summed E-state index contributed by atoms with van der Waals surface area (Å²) in [6.45, 7) is 5.64. The van der Waals surface area contributed by atoms with E-state index >= 15 is 0 Å². The van der Waals surface area contributed by atoms with Crippen LogP contribution >= 0.6 is 0 Å². The van der Waals surface area contributed by atoms with Gasteiger partial charge in [-0.3, -0.25) is 0 Å². The first-order valence-electron chi connectivity index (χ1n) is 24.3. The van der Waals surface area contributed by atoms with Crippen molar-refractivity contribution in [1.82, 2.24) is 0 Å². The Morgan fingerprint density at radius 1 is 0.233 bits per heavy atom. The lowest BCUT2D eigenvalue weighted by atomic mass is 9.85. The van der Waals surface area contributed by atoms with Gasteiger partial charge in [-0.15, -0.1) is 0 Å². The number of ether oxygens (including phenoxy) is 4. The van der Waals surface area contributed by atoms with Crippen LogP contribution in [0.2, 0.25) is 0 Å². The quantitative estimate of drug-likeness (QED) is 0.0184. The Morgan fingerprint density at radius 3 is 0.570 bits per heavy atom. The number of unbranched alkanes of at least 4 members (excludes halogenated alkanes) is 4. The zero-order valence-electron chi connectivity index (χ0n) is 44.6. The topological polar surface area (TPSA) is 587 Å². The summed E-state index contributed by atoms with van der Waals surface area (Å²) in [5.74, 6) is -49.8. The van der Waals surface area contributed by atoms with Gasteiger partial charge in [0.1, 0.15) is 0 Å². The lowest BCUT2D eigenvalue weighted by molar-refractivity contribution is 0.0340. The lowest BCUT2D eigenvalue weighted by Gasteiger charge is -2.21. The van der Waals surface area contributed by atoms with E-state index in [2.05, 4.69) is 9.47 Å². The summed E-state index contributed by atoms with van der Waals surface area (Å²) >= 11 is 0. The fourth-order valence-corrected chi connectivity index (χ4v) is 8.55. The third-order valence-electron chi connectivity index (χ3n) is 12.0. The maximum absolute atomic E-state index is 14.9. The number of esters is 6. The molecule has 0 aliphatic heterocycles. The second kappa shape index (κ2) is 28.5. The van der Waals surface area contributed by atoms with Gasteiger partial charge >= 0.3 is 107 Å². The van der Waals surface area contributed by atoms with Crippen LogP contribution in [-0.2, 0) is 18.9 Å². The molecular weight excluding hydrogens is 1170 g/mol. The van der Waals surface area contributed by atoms with Crippen molar-refractivity contribution >= 4 is 107 Å². The average molecular weight is 1210 g/mol. The zero-order chi connectivity index (χ0) is 65.8. The fraction of sp³-hybridized carbons (Fsp3) is 0.308. The Morgan fingerprint density at radius 2 is 0.384 bits per heavy atom. The molecule has 0 aromatic heterocycles. The molecule has 0 unspecified atom stereocenters. The zero-order valence-corrected chi connectivity index (χ0v) is 44.6. The van der Waals surface area contributed by atoms with Crippen molar-refractivity contribution in [2.45, 2.75) is 79.1 Å². The Kier molecular flexibility index (Phi) is 22.8. The number of rotatable bonds is 30. The van der Waals surface area contributed by atoms with Crippen molar-refractivity contribution in [1.29, 1.82) is 0 Å². The highest BCUT2D eigenvalue weighted by atomic mass is 16.6. The first-order chi connectivity index (χ1) is 39.9. The van der Waals surface area contributed by atoms with Crippen LogP contribution in [0.15, 0.2) is 0 Å². The highest BCUT2D eigenvalue weighted by molar-refractivity contribution is 6.29. The van der Waals surface area contributed by atoms with Crippen LogP contribution in [0.3, 0.4) is 0 Å². The molecule has 3 aromatic carbocycles. The molecule has 0 saturated heterocycles. The molecule has 0 bridgehead atoms. The van der Waals surface area contributed by atoms with E-state index in [-0.39, 0.29) is 37.5 Å². The highest BCUT2D eigenvalue weighted by Gasteiger charge is 2.48. The average Bonchev–Trinajstić information content (AvgIpc) is 2.95. The summed E-state index contributed by atoms with van der Waals surface area (Å²) in [6, 6.07) is 0. The van der Waals surface area contributed by atoms with Crippen molar-refractivity contribution in [3.05, 3.63) is 100 Å². The number of carboxylic acid groups (broad SMARTS) is 12. The third kappa shape index (κ3) is 14.8. The number of carboxylic acids is 12. The van der Waals surface area contributed by atoms with E-state index < -0.39 is 221 Å². The van der Waals surface area contributed by atoms with E-state index in [1.807, 2.05) is 27.7 Å². The normalized spacial score (nSPS) is 10.8. The fourth-order valence-electron chi connectivity index (χ4n) is 8.55. The number of benzene rings is 3. The molecule has 0 heterocycles. The van der Waals surface area contributed by atoms with Gasteiger partial charge in [0.15, 0.2) is 0 Å². The summed E-state index contributed by atoms with van der Waals surface area (Å²) < 4.78 is 19.4. The van der Waals surface area contributed by atoms with Gasteiger partial charge in [-0.2, -0.15) is 0 Å². The maximum Gasteiger partial charge on any atom is 0.347 e. The van der Waals surface area contributed by atoms with Crippen LogP contribution in [-0.4, -0.2) is 182 Å². The molecule has 86 heavy (non-hydrogen) atoms. The van der Waals surface area contributed by atoms with Crippen molar-refractivity contribution in [3.8, 4) is 0 Å². The highest BCUT2D eigenvalue weighted by Crippen LogP contribution is 2.37. The molecule has 34 heteroatoms. The Balaban J connectivity index is 2.85. The van der Waals surface area contributed by atoms with Gasteiger partial charge in [-0.25, -0.2) is 86.3 Å². The maximum atomic E-state index is 14.9. The second-order valence-corrected chi connectivity index (χ2v) is 18.5. The van der Waals surface area contributed by atoms with Crippen molar-refractivity contribution < 1.29 is 167 Å². The van der Waals surface area contributed by atoms with Crippen molar-refractivity contribution in [2.75, 3.05) is 13.2 Å². The van der Waals surface area contributed by atoms with E-state index in [1.54, 1.807) is 0 Å². The van der Waals surface area contributed by atoms with Gasteiger partial charge < -0.3 is 80.2 Å². The summed E-state index contributed by atoms with van der Waals surface area (Å²) in [5.41, 5.74) is -41.2. The number of carbonyl (C=O) groups is 18. The summed E-state index contributed by atoms with van der Waals surface area (Å²) in [4.78, 5) is 240. The third-order valence-corrected chi connectivity index (χ3v) is 12.0. The van der Waals surface area contributed by atoms with Gasteiger partial charge in [0.05, 0.1) is 113 Å². The number of hydrogen-bond donors (Lipinski definition) is 12. The van der Waals surface area contributed by atoms with E-state index in [1.165, 1.54) is 0 Å². The van der Waals surface area contributed by atoms with Crippen LogP contribution in [0.25, 0.3) is 0 Å². The van der Waals surface area contributed by atoms with Crippen molar-refractivity contribution in [2.24, 2.45) is 11.8 Å². The standard InChI is InChI=1S/C52H46O34/c1-15(2)11-7-5-9-13-83-47(77)31-27(45(73)74)28(46(75)76)32(51(81)85-49(79)29-23(41(65)66)19(37(57)58)17(35(53)54)20(38(59)60)24(29)42(67)68)34(33(31)48(78)84-14-10-6-8-12-16(3)4)52(82)86-50(80)30-25(43(69)70)21(39(61)62)18(36(55)56)22(40(63)64)26(30)44(71)72/h15-16H,5-14H2,1-4H3,(H,53,54)(H,55,56)(H,57,58)(H,59,60)(H,61,62)(H,63,64)(H,65,66)(H,67,68)(H,69,70)(H,71,72)(H,73,74)(H,75,76). The molecule has 458 valence electrons. The van der Waals surface area contributed by atoms with Gasteiger partial charge in [-0.05, 0) is 24.7 Å². The van der Waals surface area contributed by atoms with Crippen molar-refractivity contribution in [3.63, 3.8) is 0 Å². The monoisotopic (exact) mass is 1210 g/mol.